The van der Waals surface area contributed by atoms with E-state index in [-0.39, 0.29) is 12.2 Å². The molecule has 3 heterocycles. The van der Waals surface area contributed by atoms with Crippen LogP contribution in [0.1, 0.15) is 23.5 Å². The quantitative estimate of drug-likeness (QED) is 0.633. The van der Waals surface area contributed by atoms with E-state index in [2.05, 4.69) is 20.2 Å². The Morgan fingerprint density at radius 2 is 2.00 bits per heavy atom. The fraction of sp³-hybridized carbons (Fsp3) is 0.200. The second-order valence-electron chi connectivity index (χ2n) is 6.46. The molecule has 3 aromatic rings. The minimum atomic E-state index is -0.0880. The van der Waals surface area contributed by atoms with Gasteiger partial charge in [-0.15, -0.1) is 0 Å². The zero-order valence-electron chi connectivity index (χ0n) is 15.0. The van der Waals surface area contributed by atoms with Crippen molar-refractivity contribution in [1.82, 2.24) is 15.2 Å². The highest BCUT2D eigenvalue weighted by Crippen LogP contribution is 2.32. The van der Waals surface area contributed by atoms with Gasteiger partial charge >= 0.3 is 0 Å². The highest BCUT2D eigenvalue weighted by molar-refractivity contribution is 6.41. The van der Waals surface area contributed by atoms with E-state index >= 15 is 0 Å². The summed E-state index contributed by atoms with van der Waals surface area (Å²) in [5.74, 6) is 0.880. The number of carbonyl (C=O) groups excluding carboxylic acids is 1. The average molecular weight is 415 g/mol. The molecular weight excluding hydrogens is 399 g/mol. The van der Waals surface area contributed by atoms with Crippen molar-refractivity contribution in [3.8, 4) is 11.5 Å². The first kappa shape index (κ1) is 18.7. The number of hydrogen-bond acceptors (Lipinski definition) is 5. The number of ether oxygens (including phenoxy) is 1. The van der Waals surface area contributed by atoms with Crippen molar-refractivity contribution in [3.63, 3.8) is 0 Å². The summed E-state index contributed by atoms with van der Waals surface area (Å²) < 4.78 is 5.92. The SMILES string of the molecule is Cc1[nH]nc(CC(=O)C2=Nc3cccnc3CC2)c1Oc1cc(Cl)cc(Cl)c1. The van der Waals surface area contributed by atoms with Gasteiger partial charge in [0, 0.05) is 16.2 Å². The van der Waals surface area contributed by atoms with Crippen LogP contribution in [0.15, 0.2) is 41.5 Å². The monoisotopic (exact) mass is 414 g/mol. The highest BCUT2D eigenvalue weighted by Gasteiger charge is 2.22. The summed E-state index contributed by atoms with van der Waals surface area (Å²) in [6.07, 6.45) is 3.08. The largest absolute Gasteiger partial charge is 0.453 e. The van der Waals surface area contributed by atoms with E-state index in [0.717, 1.165) is 11.4 Å². The normalized spacial score (nSPS) is 13.0. The molecular formula is C20H16Cl2N4O2. The van der Waals surface area contributed by atoms with Crippen molar-refractivity contribution in [2.24, 2.45) is 4.99 Å². The summed E-state index contributed by atoms with van der Waals surface area (Å²) >= 11 is 12.1. The third-order valence-electron chi connectivity index (χ3n) is 4.39. The Labute approximate surface area is 171 Å². The molecule has 28 heavy (non-hydrogen) atoms. The minimum Gasteiger partial charge on any atom is -0.453 e. The summed E-state index contributed by atoms with van der Waals surface area (Å²) in [4.78, 5) is 21.6. The Kier molecular flexibility index (Phi) is 5.15. The number of halogens is 2. The Morgan fingerprint density at radius 3 is 2.79 bits per heavy atom. The smallest absolute Gasteiger partial charge is 0.183 e. The van der Waals surface area contributed by atoms with Gasteiger partial charge in [0.15, 0.2) is 11.5 Å². The molecule has 0 atom stereocenters. The van der Waals surface area contributed by atoms with E-state index in [1.165, 1.54) is 0 Å². The summed E-state index contributed by atoms with van der Waals surface area (Å²) in [7, 11) is 0. The summed E-state index contributed by atoms with van der Waals surface area (Å²) in [5, 5.41) is 8.03. The zero-order chi connectivity index (χ0) is 19.7. The number of aliphatic imine (C=N–C) groups is 1. The number of H-pyrrole nitrogens is 1. The first-order chi connectivity index (χ1) is 13.5. The second-order valence-corrected chi connectivity index (χ2v) is 7.33. The lowest BCUT2D eigenvalue weighted by atomic mass is 10.0. The Hall–Kier alpha value is -2.70. The molecule has 0 spiro atoms. The predicted octanol–water partition coefficient (Wildman–Crippen LogP) is 5.04. The fourth-order valence-electron chi connectivity index (χ4n) is 3.05. The first-order valence-electron chi connectivity index (χ1n) is 8.72. The Balaban J connectivity index is 1.56. The van der Waals surface area contributed by atoms with Gasteiger partial charge in [-0.25, -0.2) is 4.99 Å². The number of Topliss-reactive ketones (excluding diaryl/α,β-unsaturated/α-hetero) is 1. The maximum absolute atomic E-state index is 12.8. The Morgan fingerprint density at radius 1 is 1.21 bits per heavy atom. The van der Waals surface area contributed by atoms with E-state index in [1.54, 1.807) is 24.4 Å². The third kappa shape index (κ3) is 3.93. The lowest BCUT2D eigenvalue weighted by molar-refractivity contribution is -0.112. The van der Waals surface area contributed by atoms with Crippen LogP contribution in [0.5, 0.6) is 11.5 Å². The van der Waals surface area contributed by atoms with Crippen molar-refractivity contribution >= 4 is 40.4 Å². The van der Waals surface area contributed by atoms with Gasteiger partial charge in [0.2, 0.25) is 0 Å². The molecule has 2 aromatic heterocycles. The van der Waals surface area contributed by atoms with E-state index in [4.69, 9.17) is 27.9 Å². The number of ketones is 1. The van der Waals surface area contributed by atoms with Gasteiger partial charge in [-0.2, -0.15) is 5.10 Å². The molecule has 0 unspecified atom stereocenters. The summed E-state index contributed by atoms with van der Waals surface area (Å²) in [5.41, 5.74) is 3.41. The molecule has 0 saturated carbocycles. The number of nitrogens with zero attached hydrogens (tertiary/aromatic N) is 3. The van der Waals surface area contributed by atoms with Crippen LogP contribution < -0.4 is 4.74 Å². The molecule has 0 fully saturated rings. The number of benzene rings is 1. The number of carbonyl (C=O) groups is 1. The molecule has 0 amide bonds. The number of nitrogens with one attached hydrogen (secondary N) is 1. The van der Waals surface area contributed by atoms with Crippen LogP contribution >= 0.6 is 23.2 Å². The molecule has 6 nitrogen and oxygen atoms in total. The summed E-state index contributed by atoms with van der Waals surface area (Å²) in [6, 6.07) is 8.61. The van der Waals surface area contributed by atoms with Gasteiger partial charge in [-0.3, -0.25) is 14.9 Å². The number of aromatic amines is 1. The topological polar surface area (TPSA) is 80.2 Å². The molecule has 8 heteroatoms. The van der Waals surface area contributed by atoms with E-state index < -0.39 is 0 Å². The van der Waals surface area contributed by atoms with Gasteiger partial charge in [-0.1, -0.05) is 23.2 Å². The first-order valence-corrected chi connectivity index (χ1v) is 9.47. The molecule has 1 aliphatic rings. The highest BCUT2D eigenvalue weighted by atomic mass is 35.5. The van der Waals surface area contributed by atoms with Crippen LogP contribution in [0.25, 0.3) is 0 Å². The van der Waals surface area contributed by atoms with Crippen LogP contribution in [0.4, 0.5) is 5.69 Å². The number of pyridine rings is 1. The van der Waals surface area contributed by atoms with Crippen molar-refractivity contribution in [2.75, 3.05) is 0 Å². The van der Waals surface area contributed by atoms with E-state index in [1.807, 2.05) is 19.1 Å². The van der Waals surface area contributed by atoms with Crippen LogP contribution in [-0.2, 0) is 17.6 Å². The third-order valence-corrected chi connectivity index (χ3v) is 4.82. The van der Waals surface area contributed by atoms with Gasteiger partial charge in [0.1, 0.15) is 11.4 Å². The summed E-state index contributed by atoms with van der Waals surface area (Å²) in [6.45, 7) is 1.82. The van der Waals surface area contributed by atoms with Crippen LogP contribution in [0.3, 0.4) is 0 Å². The van der Waals surface area contributed by atoms with Gasteiger partial charge in [0.25, 0.3) is 0 Å². The molecule has 4 rings (SSSR count). The Bertz CT molecular complexity index is 1070. The lowest BCUT2D eigenvalue weighted by Crippen LogP contribution is -2.20. The number of hydrogen-bond donors (Lipinski definition) is 1. The molecule has 0 bridgehead atoms. The van der Waals surface area contributed by atoms with Crippen molar-refractivity contribution in [3.05, 3.63) is 63.7 Å². The maximum Gasteiger partial charge on any atom is 0.183 e. The number of rotatable bonds is 5. The van der Waals surface area contributed by atoms with Gasteiger partial charge in [-0.05, 0) is 50.1 Å². The van der Waals surface area contributed by atoms with Crippen molar-refractivity contribution in [2.45, 2.75) is 26.2 Å². The zero-order valence-corrected chi connectivity index (χ0v) is 16.5. The molecule has 142 valence electrons. The standard InChI is InChI=1S/C20H16Cl2N4O2/c1-11-20(28-14-8-12(21)7-13(22)9-14)18(26-25-11)10-19(27)17-5-4-15-16(24-17)3-2-6-23-15/h2-3,6-9H,4-5,10H2,1H3,(H,25,26). The van der Waals surface area contributed by atoms with Crippen LogP contribution in [0.2, 0.25) is 10.0 Å². The predicted molar refractivity (Wildman–Crippen MR) is 108 cm³/mol. The molecule has 0 saturated heterocycles. The number of aromatic nitrogens is 3. The lowest BCUT2D eigenvalue weighted by Gasteiger charge is -2.13. The van der Waals surface area contributed by atoms with E-state index in [0.29, 0.717) is 51.5 Å². The van der Waals surface area contributed by atoms with Gasteiger partial charge in [0.05, 0.1) is 29.2 Å². The van der Waals surface area contributed by atoms with Crippen molar-refractivity contribution < 1.29 is 9.53 Å². The van der Waals surface area contributed by atoms with Crippen LogP contribution in [0, 0.1) is 6.92 Å². The minimum absolute atomic E-state index is 0.0857. The fourth-order valence-corrected chi connectivity index (χ4v) is 3.55. The number of aryl methyl sites for hydroxylation is 2. The average Bonchev–Trinajstić information content (AvgIpc) is 3.00. The molecule has 1 aliphatic heterocycles. The molecule has 0 aliphatic carbocycles. The molecule has 1 N–H and O–H groups in total. The maximum atomic E-state index is 12.8. The van der Waals surface area contributed by atoms with E-state index in [9.17, 15) is 4.79 Å². The van der Waals surface area contributed by atoms with Crippen molar-refractivity contribution in [1.29, 1.82) is 0 Å². The number of fused-ring (bicyclic) bond motifs is 1. The second kappa shape index (κ2) is 7.73. The van der Waals surface area contributed by atoms with Gasteiger partial charge < -0.3 is 4.74 Å². The van der Waals surface area contributed by atoms with Crippen LogP contribution in [-0.4, -0.2) is 26.7 Å². The molecule has 0 radical (unpaired) electrons. The molecule has 1 aromatic carbocycles.